The van der Waals surface area contributed by atoms with Crippen molar-refractivity contribution in [3.63, 3.8) is 0 Å². The largest absolute Gasteiger partial charge is 0.282 e. The van der Waals surface area contributed by atoms with Crippen LogP contribution in [0, 0.1) is 0 Å². The Morgan fingerprint density at radius 3 is 2.75 bits per heavy atom. The molecule has 2 rings (SSSR count). The first kappa shape index (κ1) is 12.1. The minimum atomic E-state index is 0.765. The van der Waals surface area contributed by atoms with Crippen molar-refractivity contribution in [3.8, 4) is 0 Å². The second kappa shape index (κ2) is 5.82. The third-order valence-electron chi connectivity index (χ3n) is 3.43. The van der Waals surface area contributed by atoms with Gasteiger partial charge in [-0.2, -0.15) is 5.10 Å². The number of nitrogens with zero attached hydrogens (tertiary/aromatic N) is 3. The number of aromatic nitrogens is 2. The van der Waals surface area contributed by atoms with Gasteiger partial charge < -0.3 is 0 Å². The number of rotatable bonds is 4. The summed E-state index contributed by atoms with van der Waals surface area (Å²) in [5.74, 6) is 0. The summed E-state index contributed by atoms with van der Waals surface area (Å²) in [6.07, 6.45) is 10.8. The molecule has 0 aliphatic heterocycles. The summed E-state index contributed by atoms with van der Waals surface area (Å²) in [6, 6.07) is 0.765. The van der Waals surface area contributed by atoms with Gasteiger partial charge in [0.1, 0.15) is 0 Å². The molecule has 1 aliphatic carbocycles. The third kappa shape index (κ3) is 3.08. The highest BCUT2D eigenvalue weighted by molar-refractivity contribution is 9.10. The van der Waals surface area contributed by atoms with Gasteiger partial charge in [0.15, 0.2) is 0 Å². The summed E-state index contributed by atoms with van der Waals surface area (Å²) in [4.78, 5) is 2.54. The van der Waals surface area contributed by atoms with E-state index in [9.17, 15) is 0 Å². The van der Waals surface area contributed by atoms with Gasteiger partial charge in [-0.3, -0.25) is 9.58 Å². The predicted molar refractivity (Wildman–Crippen MR) is 69.2 cm³/mol. The highest BCUT2D eigenvalue weighted by Gasteiger charge is 2.19. The van der Waals surface area contributed by atoms with Crippen molar-refractivity contribution >= 4 is 15.9 Å². The standard InChI is InChI=1S/C12H20BrN3/c1-2-15(12-6-4-3-5-7-12)10-16-9-11(13)8-14-16/h8-9,12H,2-7,10H2,1H3. The second-order valence-corrected chi connectivity index (χ2v) is 5.45. The summed E-state index contributed by atoms with van der Waals surface area (Å²) < 4.78 is 3.08. The third-order valence-corrected chi connectivity index (χ3v) is 3.84. The molecule has 1 heterocycles. The van der Waals surface area contributed by atoms with E-state index in [-0.39, 0.29) is 0 Å². The van der Waals surface area contributed by atoms with Gasteiger partial charge in [0.25, 0.3) is 0 Å². The van der Waals surface area contributed by atoms with Gasteiger partial charge in [-0.15, -0.1) is 0 Å². The fourth-order valence-corrected chi connectivity index (χ4v) is 2.85. The molecule has 3 nitrogen and oxygen atoms in total. The van der Waals surface area contributed by atoms with Gasteiger partial charge in [0.2, 0.25) is 0 Å². The second-order valence-electron chi connectivity index (χ2n) is 4.54. The molecular weight excluding hydrogens is 266 g/mol. The lowest BCUT2D eigenvalue weighted by Gasteiger charge is -2.33. The summed E-state index contributed by atoms with van der Waals surface area (Å²) >= 11 is 3.44. The van der Waals surface area contributed by atoms with Crippen LogP contribution in [0.5, 0.6) is 0 Å². The minimum absolute atomic E-state index is 0.765. The highest BCUT2D eigenvalue weighted by atomic mass is 79.9. The maximum absolute atomic E-state index is 4.33. The normalized spacial score (nSPS) is 18.2. The monoisotopic (exact) mass is 285 g/mol. The van der Waals surface area contributed by atoms with Crippen LogP contribution in [0.2, 0.25) is 0 Å². The van der Waals surface area contributed by atoms with Crippen LogP contribution in [0.4, 0.5) is 0 Å². The van der Waals surface area contributed by atoms with Gasteiger partial charge in [-0.25, -0.2) is 0 Å². The maximum atomic E-state index is 4.33. The highest BCUT2D eigenvalue weighted by Crippen LogP contribution is 2.22. The molecule has 1 aliphatic rings. The number of hydrogen-bond acceptors (Lipinski definition) is 2. The topological polar surface area (TPSA) is 21.1 Å². The van der Waals surface area contributed by atoms with Crippen LogP contribution in [0.3, 0.4) is 0 Å². The quantitative estimate of drug-likeness (QED) is 0.847. The average Bonchev–Trinajstić information content (AvgIpc) is 2.73. The molecule has 1 aromatic heterocycles. The molecule has 1 fully saturated rings. The Hall–Kier alpha value is -0.350. The molecule has 0 aromatic carbocycles. The molecule has 0 atom stereocenters. The Bertz CT molecular complexity index is 318. The minimum Gasteiger partial charge on any atom is -0.282 e. The van der Waals surface area contributed by atoms with E-state index in [1.165, 1.54) is 32.1 Å². The maximum Gasteiger partial charge on any atom is 0.0931 e. The molecular formula is C12H20BrN3. The predicted octanol–water partition coefficient (Wildman–Crippen LogP) is 3.26. The molecule has 90 valence electrons. The van der Waals surface area contributed by atoms with Crippen molar-refractivity contribution in [2.45, 2.75) is 51.7 Å². The zero-order valence-corrected chi connectivity index (χ0v) is 11.5. The Morgan fingerprint density at radius 1 is 1.44 bits per heavy atom. The lowest BCUT2D eigenvalue weighted by molar-refractivity contribution is 0.120. The Labute approximate surface area is 106 Å². The van der Waals surface area contributed by atoms with E-state index in [2.05, 4.69) is 32.9 Å². The Morgan fingerprint density at radius 2 is 2.19 bits per heavy atom. The van der Waals surface area contributed by atoms with Crippen molar-refractivity contribution in [3.05, 3.63) is 16.9 Å². The molecule has 4 heteroatoms. The van der Waals surface area contributed by atoms with E-state index in [0.29, 0.717) is 0 Å². The van der Waals surface area contributed by atoms with Crippen LogP contribution < -0.4 is 0 Å². The van der Waals surface area contributed by atoms with Crippen LogP contribution in [0.15, 0.2) is 16.9 Å². The number of hydrogen-bond donors (Lipinski definition) is 0. The smallest absolute Gasteiger partial charge is 0.0931 e. The van der Waals surface area contributed by atoms with Crippen LogP contribution in [-0.2, 0) is 6.67 Å². The first-order chi connectivity index (χ1) is 7.79. The fourth-order valence-electron chi connectivity index (χ4n) is 2.52. The van der Waals surface area contributed by atoms with Gasteiger partial charge in [0, 0.05) is 12.2 Å². The number of halogens is 1. The molecule has 0 N–H and O–H groups in total. The summed E-state index contributed by atoms with van der Waals surface area (Å²) in [7, 11) is 0. The van der Waals surface area contributed by atoms with Crippen molar-refractivity contribution in [1.82, 2.24) is 14.7 Å². The van der Waals surface area contributed by atoms with Crippen molar-refractivity contribution in [2.75, 3.05) is 6.54 Å². The molecule has 0 unspecified atom stereocenters. The van der Waals surface area contributed by atoms with E-state index in [1.54, 1.807) is 0 Å². The molecule has 0 spiro atoms. The van der Waals surface area contributed by atoms with Gasteiger partial charge in [-0.05, 0) is 35.3 Å². The Kier molecular flexibility index (Phi) is 4.41. The van der Waals surface area contributed by atoms with E-state index < -0.39 is 0 Å². The van der Waals surface area contributed by atoms with Crippen LogP contribution >= 0.6 is 15.9 Å². The molecule has 1 saturated carbocycles. The van der Waals surface area contributed by atoms with Crippen molar-refractivity contribution in [2.24, 2.45) is 0 Å². The van der Waals surface area contributed by atoms with Crippen molar-refractivity contribution < 1.29 is 0 Å². The molecule has 0 amide bonds. The van der Waals surface area contributed by atoms with E-state index >= 15 is 0 Å². The fraction of sp³-hybridized carbons (Fsp3) is 0.750. The molecule has 0 saturated heterocycles. The zero-order chi connectivity index (χ0) is 11.4. The van der Waals surface area contributed by atoms with Gasteiger partial charge in [0.05, 0.1) is 17.3 Å². The summed E-state index contributed by atoms with van der Waals surface area (Å²) in [5, 5.41) is 4.33. The van der Waals surface area contributed by atoms with Crippen LogP contribution in [0.1, 0.15) is 39.0 Å². The average molecular weight is 286 g/mol. The Balaban J connectivity index is 1.94. The van der Waals surface area contributed by atoms with Gasteiger partial charge >= 0.3 is 0 Å². The molecule has 1 aromatic rings. The van der Waals surface area contributed by atoms with E-state index in [1.807, 2.05) is 17.1 Å². The lowest BCUT2D eigenvalue weighted by atomic mass is 9.94. The van der Waals surface area contributed by atoms with E-state index in [0.717, 1.165) is 23.7 Å². The molecule has 0 radical (unpaired) electrons. The van der Waals surface area contributed by atoms with Gasteiger partial charge in [-0.1, -0.05) is 26.2 Å². The SMILES string of the molecule is CCN(Cn1cc(Br)cn1)C1CCCCC1. The first-order valence-corrected chi connectivity index (χ1v) is 7.01. The lowest BCUT2D eigenvalue weighted by Crippen LogP contribution is -2.38. The summed E-state index contributed by atoms with van der Waals surface area (Å²) in [6.45, 7) is 4.28. The summed E-state index contributed by atoms with van der Waals surface area (Å²) in [5.41, 5.74) is 0. The molecule has 0 bridgehead atoms. The zero-order valence-electron chi connectivity index (χ0n) is 9.90. The first-order valence-electron chi connectivity index (χ1n) is 6.21. The van der Waals surface area contributed by atoms with Crippen molar-refractivity contribution in [1.29, 1.82) is 0 Å². The molecule has 16 heavy (non-hydrogen) atoms. The van der Waals surface area contributed by atoms with E-state index in [4.69, 9.17) is 0 Å². The van der Waals surface area contributed by atoms with Crippen LogP contribution in [0.25, 0.3) is 0 Å². The van der Waals surface area contributed by atoms with Crippen LogP contribution in [-0.4, -0.2) is 27.3 Å².